The highest BCUT2D eigenvalue weighted by Gasteiger charge is 2.73. The molecule has 0 saturated carbocycles. The van der Waals surface area contributed by atoms with Crippen LogP contribution in [0.25, 0.3) is 0 Å². The van der Waals surface area contributed by atoms with Crippen LogP contribution in [0.2, 0.25) is 0 Å². The highest BCUT2D eigenvalue weighted by molar-refractivity contribution is 7.94. The Morgan fingerprint density at radius 1 is 0.744 bits per heavy atom. The van der Waals surface area contributed by atoms with E-state index in [1.807, 2.05) is 13.8 Å². The summed E-state index contributed by atoms with van der Waals surface area (Å²) in [6.45, 7) is 9.37. The van der Waals surface area contributed by atoms with Crippen LogP contribution in [-0.4, -0.2) is 27.9 Å². The number of nitrogens with zero attached hydrogens (tertiary/aromatic N) is 3. The van der Waals surface area contributed by atoms with Crippen LogP contribution in [-0.2, 0) is 25.6 Å². The van der Waals surface area contributed by atoms with Crippen LogP contribution in [0.3, 0.4) is 0 Å². The van der Waals surface area contributed by atoms with Crippen molar-refractivity contribution < 1.29 is 21.8 Å². The molecule has 0 aromatic heterocycles. The van der Waals surface area contributed by atoms with E-state index in [0.717, 1.165) is 25.3 Å². The SMILES string of the molecule is C=C[C@H]1c2cc(C)ccc2N(S(=O)(=O)c2ccc(C)cc2)[C@H]2N(S(=O)(=O)c3ccc(C)cc3)c3ccccc3[C@]21[N+](=O)[O-]. The normalized spacial score (nSPS) is 21.1. The third-order valence-electron chi connectivity index (χ3n) is 8.33. The van der Waals surface area contributed by atoms with Crippen molar-refractivity contribution in [3.63, 3.8) is 0 Å². The van der Waals surface area contributed by atoms with Crippen molar-refractivity contribution in [2.24, 2.45) is 0 Å². The van der Waals surface area contributed by atoms with E-state index in [1.165, 1.54) is 42.5 Å². The summed E-state index contributed by atoms with van der Waals surface area (Å²) < 4.78 is 60.5. The Morgan fingerprint density at radius 2 is 1.23 bits per heavy atom. The van der Waals surface area contributed by atoms with Crippen LogP contribution in [0.15, 0.2) is 113 Å². The molecule has 2 aliphatic rings. The molecule has 0 bridgehead atoms. The molecule has 0 aliphatic carbocycles. The van der Waals surface area contributed by atoms with Crippen molar-refractivity contribution in [2.75, 3.05) is 8.61 Å². The number of rotatable bonds is 6. The van der Waals surface area contributed by atoms with Crippen molar-refractivity contribution in [2.45, 2.75) is 48.2 Å². The minimum atomic E-state index is -4.57. The Kier molecular flexibility index (Phi) is 6.51. The Morgan fingerprint density at radius 3 is 1.74 bits per heavy atom. The lowest BCUT2D eigenvalue weighted by atomic mass is 9.71. The van der Waals surface area contributed by atoms with Crippen molar-refractivity contribution in [1.82, 2.24) is 0 Å². The van der Waals surface area contributed by atoms with Gasteiger partial charge < -0.3 is 0 Å². The molecule has 6 rings (SSSR count). The largest absolute Gasteiger partial charge is 0.299 e. The predicted molar refractivity (Wildman–Crippen MR) is 165 cm³/mol. The van der Waals surface area contributed by atoms with E-state index in [9.17, 15) is 26.9 Å². The van der Waals surface area contributed by atoms with Gasteiger partial charge in [-0.3, -0.25) is 10.1 Å². The first-order chi connectivity index (χ1) is 20.4. The smallest absolute Gasteiger partial charge is 0.263 e. The third-order valence-corrected chi connectivity index (χ3v) is 11.9. The predicted octanol–water partition coefficient (Wildman–Crippen LogP) is 5.80. The molecule has 11 heteroatoms. The van der Waals surface area contributed by atoms with E-state index in [4.69, 9.17) is 0 Å². The summed E-state index contributed by atoms with van der Waals surface area (Å²) in [6.07, 6.45) is -0.418. The van der Waals surface area contributed by atoms with Crippen molar-refractivity contribution in [3.05, 3.63) is 142 Å². The first-order valence-corrected chi connectivity index (χ1v) is 16.4. The maximum atomic E-state index is 14.7. The number of hydrogen-bond acceptors (Lipinski definition) is 6. The van der Waals surface area contributed by atoms with Crippen LogP contribution in [0, 0.1) is 30.9 Å². The third kappa shape index (κ3) is 3.95. The zero-order chi connectivity index (χ0) is 30.9. The topological polar surface area (TPSA) is 118 Å². The summed E-state index contributed by atoms with van der Waals surface area (Å²) in [5.74, 6) is -1.08. The molecule has 220 valence electrons. The maximum Gasteiger partial charge on any atom is 0.299 e. The van der Waals surface area contributed by atoms with Gasteiger partial charge in [-0.05, 0) is 68.8 Å². The molecule has 0 N–H and O–H groups in total. The van der Waals surface area contributed by atoms with Gasteiger partial charge in [0.15, 0.2) is 0 Å². The quantitative estimate of drug-likeness (QED) is 0.154. The molecule has 43 heavy (non-hydrogen) atoms. The van der Waals surface area contributed by atoms with Gasteiger partial charge >= 0.3 is 0 Å². The zero-order valence-electron chi connectivity index (χ0n) is 23.7. The lowest BCUT2D eigenvalue weighted by Crippen LogP contribution is -2.66. The van der Waals surface area contributed by atoms with Gasteiger partial charge in [-0.15, -0.1) is 6.58 Å². The molecule has 0 saturated heterocycles. The minimum Gasteiger partial charge on any atom is -0.263 e. The molecular formula is C32H29N3O6S2. The molecule has 0 amide bonds. The number of fused-ring (bicyclic) bond motifs is 4. The summed E-state index contributed by atoms with van der Waals surface area (Å²) >= 11 is 0. The van der Waals surface area contributed by atoms with Gasteiger partial charge in [0.05, 0.1) is 32.6 Å². The molecular weight excluding hydrogens is 587 g/mol. The summed E-state index contributed by atoms with van der Waals surface area (Å²) in [6, 6.07) is 23.4. The number of benzene rings is 4. The van der Waals surface area contributed by atoms with Gasteiger partial charge in [0.25, 0.3) is 25.6 Å². The van der Waals surface area contributed by atoms with E-state index in [0.29, 0.717) is 5.56 Å². The first kappa shape index (κ1) is 28.6. The number of anilines is 2. The molecule has 0 radical (unpaired) electrons. The van der Waals surface area contributed by atoms with Crippen molar-refractivity contribution >= 4 is 31.4 Å². The zero-order valence-corrected chi connectivity index (χ0v) is 25.3. The summed E-state index contributed by atoms with van der Waals surface area (Å²) in [4.78, 5) is 12.8. The van der Waals surface area contributed by atoms with E-state index < -0.39 is 42.6 Å². The second kappa shape index (κ2) is 9.78. The Hall–Kier alpha value is -4.48. The fourth-order valence-corrected chi connectivity index (χ4v) is 9.68. The minimum absolute atomic E-state index is 0.0326. The number of sulfonamides is 2. The average Bonchev–Trinajstić information content (AvgIpc) is 3.28. The number of para-hydroxylation sites is 1. The fraction of sp³-hybridized carbons (Fsp3) is 0.188. The number of hydrogen-bond donors (Lipinski definition) is 0. The molecule has 9 nitrogen and oxygen atoms in total. The molecule has 2 aliphatic heterocycles. The van der Waals surface area contributed by atoms with Crippen LogP contribution in [0.5, 0.6) is 0 Å². The average molecular weight is 616 g/mol. The van der Waals surface area contributed by atoms with Crippen LogP contribution in [0.1, 0.15) is 33.7 Å². The van der Waals surface area contributed by atoms with Crippen LogP contribution in [0.4, 0.5) is 11.4 Å². The van der Waals surface area contributed by atoms with Gasteiger partial charge in [-0.1, -0.05) is 71.3 Å². The summed E-state index contributed by atoms with van der Waals surface area (Å²) in [5.41, 5.74) is 0.750. The fourth-order valence-electron chi connectivity index (χ4n) is 6.33. The molecule has 0 fully saturated rings. The number of nitro groups is 1. The highest BCUT2D eigenvalue weighted by Crippen LogP contribution is 2.61. The van der Waals surface area contributed by atoms with Gasteiger partial charge in [0.2, 0.25) is 6.17 Å². The van der Waals surface area contributed by atoms with E-state index in [2.05, 4.69) is 6.58 Å². The van der Waals surface area contributed by atoms with Crippen molar-refractivity contribution in [1.29, 1.82) is 0 Å². The van der Waals surface area contributed by atoms with E-state index in [1.54, 1.807) is 61.5 Å². The van der Waals surface area contributed by atoms with Gasteiger partial charge in [0.1, 0.15) is 0 Å². The van der Waals surface area contributed by atoms with Crippen LogP contribution < -0.4 is 8.61 Å². The Bertz CT molecular complexity index is 2010. The Labute approximate surface area is 251 Å². The van der Waals surface area contributed by atoms with E-state index >= 15 is 0 Å². The van der Waals surface area contributed by atoms with Gasteiger partial charge in [-0.2, -0.15) is 0 Å². The molecule has 0 unspecified atom stereocenters. The Balaban J connectivity index is 1.78. The molecule has 0 spiro atoms. The van der Waals surface area contributed by atoms with Gasteiger partial charge in [0, 0.05) is 4.92 Å². The summed E-state index contributed by atoms with van der Waals surface area (Å²) in [7, 11) is -9.12. The number of aryl methyl sites for hydroxylation is 3. The molecule has 3 atom stereocenters. The lowest BCUT2D eigenvalue weighted by Gasteiger charge is -2.47. The summed E-state index contributed by atoms with van der Waals surface area (Å²) in [5, 5.41) is 13.6. The standard InChI is InChI=1S/C32H29N3O6S2/c1-5-27-26-20-23(4)14-19-29(26)33(42(38,39)24-15-10-21(2)11-16-24)31-32(27,35(36)37)28-8-6-7-9-30(28)34(31)43(40,41)25-17-12-22(3)13-18-25/h5-20,27,31H,1H2,2-4H3/t27-,31-,32-/m0/s1. The molecule has 4 aromatic carbocycles. The van der Waals surface area contributed by atoms with Crippen LogP contribution >= 0.6 is 0 Å². The molecule has 2 heterocycles. The van der Waals surface area contributed by atoms with Crippen molar-refractivity contribution in [3.8, 4) is 0 Å². The second-order valence-corrected chi connectivity index (χ2v) is 14.6. The van der Waals surface area contributed by atoms with E-state index in [-0.39, 0.29) is 26.7 Å². The molecule has 4 aromatic rings. The first-order valence-electron chi connectivity index (χ1n) is 13.6. The monoisotopic (exact) mass is 615 g/mol. The maximum absolute atomic E-state index is 14.7. The highest BCUT2D eigenvalue weighted by atomic mass is 32.2. The second-order valence-electron chi connectivity index (χ2n) is 11.0. The lowest BCUT2D eigenvalue weighted by molar-refractivity contribution is -0.584. The van der Waals surface area contributed by atoms with Gasteiger partial charge in [-0.25, -0.2) is 25.4 Å².